The van der Waals surface area contributed by atoms with E-state index in [1.165, 1.54) is 29.6 Å². The zero-order chi connectivity index (χ0) is 39.1. The van der Waals surface area contributed by atoms with E-state index in [0.29, 0.717) is 55.9 Å². The molecule has 4 fully saturated rings. The number of Topliss-reactive ketones (excluding diaryl/α,β-unsaturated/α-hetero) is 1. The fourth-order valence-electron chi connectivity index (χ4n) is 14.3. The number of carboxylic acids is 1. The predicted molar refractivity (Wildman–Crippen MR) is 213 cm³/mol. The van der Waals surface area contributed by atoms with Crippen LogP contribution in [0.5, 0.6) is 0 Å². The van der Waals surface area contributed by atoms with E-state index < -0.39 is 27.9 Å². The molecular weight excluding hydrogens is 700 g/mol. The van der Waals surface area contributed by atoms with Gasteiger partial charge in [0.05, 0.1) is 16.9 Å². The normalized spacial score (nSPS) is 41.7. The van der Waals surface area contributed by atoms with Crippen LogP contribution in [0.15, 0.2) is 34.4 Å². The van der Waals surface area contributed by atoms with Gasteiger partial charge in [0.15, 0.2) is 15.6 Å². The first-order valence-electron chi connectivity index (χ1n) is 21.4. The Kier molecular flexibility index (Phi) is 10.4. The van der Waals surface area contributed by atoms with Crippen LogP contribution in [0.25, 0.3) is 0 Å². The molecule has 1 aliphatic heterocycles. The second kappa shape index (κ2) is 13.9. The lowest BCUT2D eigenvalue weighted by atomic mass is 9.33. The first-order valence-corrected chi connectivity index (χ1v) is 23.2. The van der Waals surface area contributed by atoms with Gasteiger partial charge in [-0.25, -0.2) is 12.8 Å². The molecule has 1 heterocycles. The summed E-state index contributed by atoms with van der Waals surface area (Å²) < 4.78 is 37.8. The minimum Gasteiger partial charge on any atom is -0.481 e. The third kappa shape index (κ3) is 6.17. The van der Waals surface area contributed by atoms with E-state index in [1.807, 2.05) is 0 Å². The second-order valence-electron chi connectivity index (χ2n) is 20.7. The largest absolute Gasteiger partial charge is 0.481 e. The van der Waals surface area contributed by atoms with E-state index in [2.05, 4.69) is 70.8 Å². The van der Waals surface area contributed by atoms with E-state index in [0.717, 1.165) is 63.7 Å². The number of sulfone groups is 1. The number of hydrogen-bond acceptors (Lipinski definition) is 6. The molecule has 0 aromatic rings. The number of ketones is 1. The molecule has 0 aromatic carbocycles. The molecule has 7 rings (SSSR count). The zero-order valence-electron chi connectivity index (χ0n) is 34.4. The van der Waals surface area contributed by atoms with E-state index in [9.17, 15) is 27.5 Å². The Morgan fingerprint density at radius 2 is 1.69 bits per heavy atom. The van der Waals surface area contributed by atoms with E-state index >= 15 is 0 Å². The van der Waals surface area contributed by atoms with Gasteiger partial charge >= 0.3 is 5.97 Å². The van der Waals surface area contributed by atoms with Crippen molar-refractivity contribution in [2.75, 3.05) is 50.9 Å². The Morgan fingerprint density at radius 1 is 0.963 bits per heavy atom. The highest BCUT2D eigenvalue weighted by atomic mass is 32.2. The lowest BCUT2D eigenvalue weighted by Gasteiger charge is -2.71. The zero-order valence-corrected chi connectivity index (χ0v) is 35.2. The van der Waals surface area contributed by atoms with Crippen molar-refractivity contribution in [2.24, 2.45) is 56.2 Å². The van der Waals surface area contributed by atoms with Crippen molar-refractivity contribution in [1.29, 1.82) is 0 Å². The molecule has 3 saturated carbocycles. The highest BCUT2D eigenvalue weighted by Gasteiger charge is 2.69. The molecule has 302 valence electrons. The van der Waals surface area contributed by atoms with Gasteiger partial charge in [-0.2, -0.15) is 0 Å². The highest BCUT2D eigenvalue weighted by molar-refractivity contribution is 7.91. The molecule has 8 atom stereocenters. The second-order valence-corrected chi connectivity index (χ2v) is 23.0. The average molecular weight is 769 g/mol. The molecule has 1 saturated heterocycles. The molecule has 0 aromatic heterocycles. The Labute approximate surface area is 325 Å². The number of nitrogens with one attached hydrogen (secondary N) is 1. The molecule has 7 aliphatic rings. The van der Waals surface area contributed by atoms with Gasteiger partial charge in [0.1, 0.15) is 6.67 Å². The molecule has 54 heavy (non-hydrogen) atoms. The molecule has 7 nitrogen and oxygen atoms in total. The Morgan fingerprint density at radius 3 is 2.31 bits per heavy atom. The smallest absolute Gasteiger partial charge is 0.312 e. The summed E-state index contributed by atoms with van der Waals surface area (Å²) in [5.74, 6) is 1.61. The standard InChI is InChI=1S/C45H69FN2O5S/c1-30(2)37-34(49)27-45(29-47-21-8-22-48-23-25-54(52,53)26-24-48)20-19-42(6)33(38(37)45)9-10-36-41(5)15-13-32(40(3,4)35(41)14-16-43(36,42)7)31-11-17-44(28-46,18-12-31)39(50)51/h11,13,30,33,35-36,47H,8-10,12,14-29H2,1-7H3,(H,50,51)/t33-,35+,36-,41+,42-,43-,44+,45+/m1/s1. The highest BCUT2D eigenvalue weighted by Crippen LogP contribution is 2.76. The molecular formula is C45H69FN2O5S. The summed E-state index contributed by atoms with van der Waals surface area (Å²) in [5.41, 5.74) is 4.23. The van der Waals surface area contributed by atoms with Crippen LogP contribution in [0.1, 0.15) is 126 Å². The van der Waals surface area contributed by atoms with Gasteiger partial charge in [0.2, 0.25) is 0 Å². The number of fused-ring (bicyclic) bond motifs is 7. The molecule has 0 unspecified atom stereocenters. The third-order valence-electron chi connectivity index (χ3n) is 17.5. The number of carboxylic acid groups (broad SMARTS) is 1. The van der Waals surface area contributed by atoms with E-state index in [-0.39, 0.29) is 50.9 Å². The van der Waals surface area contributed by atoms with Gasteiger partial charge in [-0.05, 0) is 146 Å². The Hall–Kier alpha value is -1.84. The Balaban J connectivity index is 1.11. The van der Waals surface area contributed by atoms with Crippen LogP contribution in [0.3, 0.4) is 0 Å². The van der Waals surface area contributed by atoms with Crippen LogP contribution >= 0.6 is 0 Å². The van der Waals surface area contributed by atoms with Crippen molar-refractivity contribution < 1.29 is 27.5 Å². The van der Waals surface area contributed by atoms with Gasteiger partial charge in [-0.1, -0.05) is 66.2 Å². The number of hydrogen-bond donors (Lipinski definition) is 2. The summed E-state index contributed by atoms with van der Waals surface area (Å²) in [6.07, 6.45) is 15.3. The molecule has 0 radical (unpaired) electrons. The first kappa shape index (κ1) is 40.4. The van der Waals surface area contributed by atoms with Gasteiger partial charge in [0, 0.05) is 31.5 Å². The van der Waals surface area contributed by atoms with Crippen molar-refractivity contribution in [3.63, 3.8) is 0 Å². The van der Waals surface area contributed by atoms with Gasteiger partial charge in [0.25, 0.3) is 0 Å². The SMILES string of the molecule is CC(C)C1=C2[C@H]3CC[C@@H]4[C@@]5(C)CC=C(C6=CC[C@](CF)(C(=O)O)CC6)C(C)(C)[C@@H]5CC[C@@]4(C)[C@]3(C)CC[C@@]2(CNCCCN2CCS(=O)(=O)CC2)CC1=O. The number of allylic oxidation sites excluding steroid dienone is 5. The predicted octanol–water partition coefficient (Wildman–Crippen LogP) is 8.36. The maximum atomic E-state index is 14.0. The van der Waals surface area contributed by atoms with Crippen LogP contribution in [-0.4, -0.2) is 81.1 Å². The van der Waals surface area contributed by atoms with Crippen molar-refractivity contribution >= 4 is 21.6 Å². The topological polar surface area (TPSA) is 104 Å². The summed E-state index contributed by atoms with van der Waals surface area (Å²) in [5, 5.41) is 13.7. The lowest BCUT2D eigenvalue weighted by molar-refractivity contribution is -0.198. The van der Waals surface area contributed by atoms with E-state index in [4.69, 9.17) is 0 Å². The summed E-state index contributed by atoms with van der Waals surface area (Å²) in [4.78, 5) is 28.3. The van der Waals surface area contributed by atoms with Crippen molar-refractivity contribution in [2.45, 2.75) is 126 Å². The minimum atomic E-state index is -2.87. The summed E-state index contributed by atoms with van der Waals surface area (Å²) in [7, 11) is -2.87. The molecule has 6 aliphatic carbocycles. The minimum absolute atomic E-state index is 0.0544. The van der Waals surface area contributed by atoms with E-state index in [1.54, 1.807) is 0 Å². The molecule has 0 amide bonds. The molecule has 0 spiro atoms. The number of carbonyl (C=O) groups is 2. The number of rotatable bonds is 10. The quantitative estimate of drug-likeness (QED) is 0.216. The summed E-state index contributed by atoms with van der Waals surface area (Å²) in [6.45, 7) is 20.2. The number of nitrogens with zero attached hydrogens (tertiary/aromatic N) is 1. The van der Waals surface area contributed by atoms with Crippen LogP contribution in [0.4, 0.5) is 4.39 Å². The van der Waals surface area contributed by atoms with Crippen molar-refractivity contribution in [3.05, 3.63) is 34.4 Å². The van der Waals surface area contributed by atoms with Crippen LogP contribution in [0.2, 0.25) is 0 Å². The van der Waals surface area contributed by atoms with Crippen LogP contribution in [0, 0.1) is 56.2 Å². The van der Waals surface area contributed by atoms with Crippen molar-refractivity contribution in [1.82, 2.24) is 10.2 Å². The summed E-state index contributed by atoms with van der Waals surface area (Å²) in [6, 6.07) is 0. The van der Waals surface area contributed by atoms with Crippen molar-refractivity contribution in [3.8, 4) is 0 Å². The van der Waals surface area contributed by atoms with Gasteiger partial charge in [-0.15, -0.1) is 0 Å². The lowest BCUT2D eigenvalue weighted by Crippen LogP contribution is -2.64. The number of halogens is 1. The summed E-state index contributed by atoms with van der Waals surface area (Å²) >= 11 is 0. The molecule has 0 bridgehead atoms. The van der Waals surface area contributed by atoms with Gasteiger partial charge in [-0.3, -0.25) is 9.59 Å². The van der Waals surface area contributed by atoms with Gasteiger partial charge < -0.3 is 15.3 Å². The number of alkyl halides is 1. The first-order chi connectivity index (χ1) is 25.3. The molecule has 9 heteroatoms. The van der Waals surface area contributed by atoms with Crippen LogP contribution in [-0.2, 0) is 19.4 Å². The number of aliphatic carboxylic acids is 1. The third-order valence-corrected chi connectivity index (χ3v) is 19.2. The number of carbonyl (C=O) groups excluding carboxylic acids is 1. The fraction of sp³-hybridized carbons (Fsp3) is 0.822. The fourth-order valence-corrected chi connectivity index (χ4v) is 15.6. The van der Waals surface area contributed by atoms with Crippen LogP contribution < -0.4 is 5.32 Å². The maximum Gasteiger partial charge on any atom is 0.312 e. The Bertz CT molecular complexity index is 1730. The average Bonchev–Trinajstić information content (AvgIpc) is 3.41. The molecule has 2 N–H and O–H groups in total. The monoisotopic (exact) mass is 768 g/mol. The maximum absolute atomic E-state index is 14.0.